The number of nitrogens with zero attached hydrogens (tertiary/aromatic N) is 2. The van der Waals surface area contributed by atoms with Crippen LogP contribution in [0.25, 0.3) is 0 Å². The van der Waals surface area contributed by atoms with E-state index < -0.39 is 0 Å². The molecule has 0 radical (unpaired) electrons. The van der Waals surface area contributed by atoms with E-state index in [0.29, 0.717) is 12.3 Å². The lowest BCUT2D eigenvalue weighted by Crippen LogP contribution is -2.11. The first-order valence-corrected chi connectivity index (χ1v) is 5.27. The van der Waals surface area contributed by atoms with E-state index in [-0.39, 0.29) is 18.4 Å². The Morgan fingerprint density at radius 1 is 1.60 bits per heavy atom. The summed E-state index contributed by atoms with van der Waals surface area (Å²) in [5.41, 5.74) is 0.411. The van der Waals surface area contributed by atoms with Crippen LogP contribution >= 0.6 is 23.7 Å². The van der Waals surface area contributed by atoms with E-state index >= 15 is 0 Å². The zero-order chi connectivity index (χ0) is 10.6. The smallest absolute Gasteiger partial charge is 0.357 e. The monoisotopic (exact) mass is 250 g/mol. The van der Waals surface area contributed by atoms with E-state index in [2.05, 4.69) is 4.98 Å². The largest absolute Gasteiger partial charge is 0.461 e. The van der Waals surface area contributed by atoms with Crippen LogP contribution in [0.2, 0.25) is 0 Å². The van der Waals surface area contributed by atoms with Gasteiger partial charge in [0, 0.05) is 11.9 Å². The maximum atomic E-state index is 11.3. The number of halogens is 1. The van der Waals surface area contributed by atoms with E-state index in [1.54, 1.807) is 12.3 Å². The van der Waals surface area contributed by atoms with Crippen molar-refractivity contribution in [1.29, 1.82) is 0 Å². The standard InChI is InChI=1S/C9H14N2O2S.ClH/c1-4-13-9(12)7-6-14-8(10-7)5-11(2)3;/h6H,4-5H2,1-3H3;1H. The third-order valence-electron chi connectivity index (χ3n) is 1.49. The highest BCUT2D eigenvalue weighted by Crippen LogP contribution is 2.11. The summed E-state index contributed by atoms with van der Waals surface area (Å²) in [5.74, 6) is -0.339. The number of rotatable bonds is 4. The molecule has 6 heteroatoms. The Morgan fingerprint density at radius 3 is 2.80 bits per heavy atom. The van der Waals surface area contributed by atoms with Gasteiger partial charge >= 0.3 is 5.97 Å². The molecule has 1 heterocycles. The van der Waals surface area contributed by atoms with Gasteiger partial charge < -0.3 is 9.64 Å². The second-order valence-electron chi connectivity index (χ2n) is 3.08. The van der Waals surface area contributed by atoms with Crippen LogP contribution in [0.4, 0.5) is 0 Å². The molecule has 86 valence electrons. The van der Waals surface area contributed by atoms with Crippen LogP contribution in [0.15, 0.2) is 5.38 Å². The van der Waals surface area contributed by atoms with Crippen LogP contribution in [-0.2, 0) is 11.3 Å². The topological polar surface area (TPSA) is 42.4 Å². The van der Waals surface area contributed by atoms with E-state index in [1.807, 2.05) is 19.0 Å². The molecule has 0 aliphatic carbocycles. The first-order chi connectivity index (χ1) is 6.63. The first kappa shape index (κ1) is 14.3. The van der Waals surface area contributed by atoms with Gasteiger partial charge in [0.25, 0.3) is 0 Å². The number of hydrogen-bond acceptors (Lipinski definition) is 5. The van der Waals surface area contributed by atoms with Crippen molar-refractivity contribution in [1.82, 2.24) is 9.88 Å². The number of esters is 1. The van der Waals surface area contributed by atoms with Crippen molar-refractivity contribution < 1.29 is 9.53 Å². The fourth-order valence-corrected chi connectivity index (χ4v) is 1.83. The zero-order valence-corrected chi connectivity index (χ0v) is 10.7. The zero-order valence-electron chi connectivity index (χ0n) is 9.02. The summed E-state index contributed by atoms with van der Waals surface area (Å²) < 4.78 is 4.84. The number of carbonyl (C=O) groups excluding carboxylic acids is 1. The van der Waals surface area contributed by atoms with Crippen molar-refractivity contribution in [3.8, 4) is 0 Å². The summed E-state index contributed by atoms with van der Waals surface area (Å²) in [6.07, 6.45) is 0. The Balaban J connectivity index is 0.00000196. The molecule has 1 rings (SSSR count). The summed E-state index contributed by atoms with van der Waals surface area (Å²) in [5, 5.41) is 2.66. The average Bonchev–Trinajstić information content (AvgIpc) is 2.52. The molecule has 1 aromatic rings. The Kier molecular flexibility index (Phi) is 6.47. The predicted molar refractivity (Wildman–Crippen MR) is 62.7 cm³/mol. The van der Waals surface area contributed by atoms with Gasteiger partial charge in [0.05, 0.1) is 6.61 Å². The number of ether oxygens (including phenoxy) is 1. The Morgan fingerprint density at radius 2 is 2.27 bits per heavy atom. The molecule has 0 unspecified atom stereocenters. The van der Waals surface area contributed by atoms with Crippen LogP contribution in [0.5, 0.6) is 0 Å². The molecule has 0 bridgehead atoms. The minimum absolute atomic E-state index is 0. The highest BCUT2D eigenvalue weighted by molar-refractivity contribution is 7.09. The van der Waals surface area contributed by atoms with Gasteiger partial charge in [0.15, 0.2) is 5.69 Å². The molecule has 0 aromatic carbocycles. The summed E-state index contributed by atoms with van der Waals surface area (Å²) in [4.78, 5) is 17.4. The lowest BCUT2D eigenvalue weighted by molar-refractivity contribution is 0.0520. The minimum atomic E-state index is -0.339. The van der Waals surface area contributed by atoms with Crippen molar-refractivity contribution in [3.63, 3.8) is 0 Å². The fourth-order valence-electron chi connectivity index (χ4n) is 0.953. The van der Waals surface area contributed by atoms with Gasteiger partial charge in [-0.15, -0.1) is 23.7 Å². The highest BCUT2D eigenvalue weighted by Gasteiger charge is 2.11. The molecule has 15 heavy (non-hydrogen) atoms. The average molecular weight is 251 g/mol. The van der Waals surface area contributed by atoms with E-state index in [1.165, 1.54) is 11.3 Å². The molecule has 0 atom stereocenters. The number of carbonyl (C=O) groups is 1. The van der Waals surface area contributed by atoms with Gasteiger partial charge in [-0.25, -0.2) is 9.78 Å². The second kappa shape index (κ2) is 6.76. The SMILES string of the molecule is CCOC(=O)c1csc(CN(C)C)n1.Cl. The molecule has 1 aromatic heterocycles. The van der Waals surface area contributed by atoms with Crippen molar-refractivity contribution in [2.45, 2.75) is 13.5 Å². The van der Waals surface area contributed by atoms with Crippen LogP contribution in [0, 0.1) is 0 Å². The fraction of sp³-hybridized carbons (Fsp3) is 0.556. The van der Waals surface area contributed by atoms with Crippen molar-refractivity contribution in [2.75, 3.05) is 20.7 Å². The van der Waals surface area contributed by atoms with Gasteiger partial charge in [0.1, 0.15) is 5.01 Å². The Bertz CT molecular complexity index is 315. The van der Waals surface area contributed by atoms with Crippen molar-refractivity contribution in [3.05, 3.63) is 16.1 Å². The Hall–Kier alpha value is -0.650. The molecule has 0 N–H and O–H groups in total. The molecule has 0 saturated carbocycles. The molecule has 0 saturated heterocycles. The van der Waals surface area contributed by atoms with Crippen molar-refractivity contribution in [2.24, 2.45) is 0 Å². The molecular formula is C9H15ClN2O2S. The molecule has 0 aliphatic heterocycles. The highest BCUT2D eigenvalue weighted by atomic mass is 35.5. The molecule has 0 aliphatic rings. The van der Waals surface area contributed by atoms with Gasteiger partial charge in [-0.05, 0) is 21.0 Å². The summed E-state index contributed by atoms with van der Waals surface area (Å²) in [6, 6.07) is 0. The molecule has 0 spiro atoms. The quantitative estimate of drug-likeness (QED) is 0.765. The minimum Gasteiger partial charge on any atom is -0.461 e. The summed E-state index contributed by atoms with van der Waals surface area (Å²) in [6.45, 7) is 2.93. The van der Waals surface area contributed by atoms with E-state index in [9.17, 15) is 4.79 Å². The predicted octanol–water partition coefficient (Wildman–Crippen LogP) is 1.80. The summed E-state index contributed by atoms with van der Waals surface area (Å²) in [7, 11) is 3.93. The lowest BCUT2D eigenvalue weighted by atomic mass is 10.5. The normalized spacial score (nSPS) is 9.87. The molecule has 0 fully saturated rings. The first-order valence-electron chi connectivity index (χ1n) is 4.39. The van der Waals surface area contributed by atoms with Crippen LogP contribution in [0.1, 0.15) is 22.4 Å². The maximum absolute atomic E-state index is 11.3. The maximum Gasteiger partial charge on any atom is 0.357 e. The van der Waals surface area contributed by atoms with Crippen molar-refractivity contribution >= 4 is 29.7 Å². The lowest BCUT2D eigenvalue weighted by Gasteiger charge is -2.04. The number of aromatic nitrogens is 1. The number of hydrogen-bond donors (Lipinski definition) is 0. The number of thiazole rings is 1. The van der Waals surface area contributed by atoms with Gasteiger partial charge in [-0.1, -0.05) is 0 Å². The Labute approximate surface area is 99.7 Å². The van der Waals surface area contributed by atoms with Crippen LogP contribution in [0.3, 0.4) is 0 Å². The third-order valence-corrected chi connectivity index (χ3v) is 2.32. The van der Waals surface area contributed by atoms with Gasteiger partial charge in [-0.2, -0.15) is 0 Å². The second-order valence-corrected chi connectivity index (χ2v) is 4.03. The van der Waals surface area contributed by atoms with Crippen LogP contribution < -0.4 is 0 Å². The summed E-state index contributed by atoms with van der Waals surface area (Å²) >= 11 is 1.48. The third kappa shape index (κ3) is 4.59. The molecule has 4 nitrogen and oxygen atoms in total. The van der Waals surface area contributed by atoms with Gasteiger partial charge in [0.2, 0.25) is 0 Å². The van der Waals surface area contributed by atoms with Gasteiger partial charge in [-0.3, -0.25) is 0 Å². The molecule has 0 amide bonds. The molecular weight excluding hydrogens is 236 g/mol. The van der Waals surface area contributed by atoms with E-state index in [0.717, 1.165) is 11.6 Å². The van der Waals surface area contributed by atoms with Crippen LogP contribution in [-0.4, -0.2) is 36.6 Å². The van der Waals surface area contributed by atoms with E-state index in [4.69, 9.17) is 4.74 Å².